The zero-order valence-corrected chi connectivity index (χ0v) is 5.76. The Balaban J connectivity index is 2.01. The van der Waals surface area contributed by atoms with Crippen LogP contribution in [0.15, 0.2) is 0 Å². The monoisotopic (exact) mass is 138 g/mol. The van der Waals surface area contributed by atoms with Crippen molar-refractivity contribution in [2.24, 2.45) is 10.8 Å². The van der Waals surface area contributed by atoms with Crippen molar-refractivity contribution < 1.29 is 9.90 Å². The summed E-state index contributed by atoms with van der Waals surface area (Å²) in [6.45, 7) is 0. The van der Waals surface area contributed by atoms with Crippen molar-refractivity contribution in [1.82, 2.24) is 0 Å². The van der Waals surface area contributed by atoms with Crippen LogP contribution in [0.5, 0.6) is 0 Å². The predicted octanol–water partition coefficient (Wildman–Crippen LogP) is 0.490. The van der Waals surface area contributed by atoms with Crippen LogP contribution in [-0.4, -0.2) is 17.0 Å². The van der Waals surface area contributed by atoms with Gasteiger partial charge in [0.25, 0.3) is 0 Å². The number of hydrogen-bond acceptors (Lipinski definition) is 2. The maximum atomic E-state index is 11.4. The Morgan fingerprint density at radius 1 is 1.20 bits per heavy atom. The molecule has 0 unspecified atom stereocenters. The number of aliphatic hydroxyl groups is 1. The number of aliphatic hydroxyl groups excluding tert-OH is 1. The van der Waals surface area contributed by atoms with Crippen molar-refractivity contribution in [1.29, 1.82) is 0 Å². The summed E-state index contributed by atoms with van der Waals surface area (Å²) in [5.74, 6) is 0.382. The van der Waals surface area contributed by atoms with Crippen LogP contribution < -0.4 is 0 Å². The van der Waals surface area contributed by atoms with Crippen molar-refractivity contribution in [3.8, 4) is 0 Å². The summed E-state index contributed by atoms with van der Waals surface area (Å²) in [6, 6.07) is 0. The molecule has 54 valence electrons. The molecule has 10 heavy (non-hydrogen) atoms. The molecule has 0 heterocycles. The average Bonchev–Trinajstić information content (AvgIpc) is 2.83. The van der Waals surface area contributed by atoms with Gasteiger partial charge in [-0.2, -0.15) is 0 Å². The van der Waals surface area contributed by atoms with Gasteiger partial charge in [0.05, 0.1) is 16.9 Å². The van der Waals surface area contributed by atoms with E-state index in [9.17, 15) is 9.90 Å². The summed E-state index contributed by atoms with van der Waals surface area (Å²) < 4.78 is 0. The maximum Gasteiger partial charge on any atom is 0.150 e. The predicted molar refractivity (Wildman–Crippen MR) is 34.3 cm³/mol. The lowest BCUT2D eigenvalue weighted by Crippen LogP contribution is -2.55. The molecular weight excluding hydrogens is 128 g/mol. The molecule has 3 aliphatic rings. The Bertz CT molecular complexity index is 201. The van der Waals surface area contributed by atoms with Gasteiger partial charge < -0.3 is 5.11 Å². The quantitative estimate of drug-likeness (QED) is 0.529. The second kappa shape index (κ2) is 1.07. The van der Waals surface area contributed by atoms with E-state index in [1.165, 1.54) is 0 Å². The Hall–Kier alpha value is -0.370. The molecule has 3 saturated carbocycles. The minimum absolute atomic E-state index is 0.198. The Morgan fingerprint density at radius 3 is 1.80 bits per heavy atom. The number of rotatable bonds is 0. The Labute approximate surface area is 59.2 Å². The van der Waals surface area contributed by atoms with Gasteiger partial charge in [-0.1, -0.05) is 0 Å². The minimum atomic E-state index is -0.257. The van der Waals surface area contributed by atoms with E-state index in [0.29, 0.717) is 5.78 Å². The smallest absolute Gasteiger partial charge is 0.150 e. The normalized spacial score (nSPS) is 38.3. The molecule has 0 aromatic carbocycles. The number of carbonyl (C=O) groups is 1. The fraction of sp³-hybridized carbons (Fsp3) is 0.875. The van der Waals surface area contributed by atoms with Gasteiger partial charge in [0.15, 0.2) is 0 Å². The van der Waals surface area contributed by atoms with E-state index in [0.717, 1.165) is 25.7 Å². The van der Waals surface area contributed by atoms with Crippen LogP contribution in [-0.2, 0) is 4.79 Å². The Morgan fingerprint density at radius 2 is 1.60 bits per heavy atom. The highest BCUT2D eigenvalue weighted by atomic mass is 16.3. The fourth-order valence-electron chi connectivity index (χ4n) is 2.47. The average molecular weight is 138 g/mol. The molecule has 0 saturated heterocycles. The third-order valence-corrected chi connectivity index (χ3v) is 3.53. The topological polar surface area (TPSA) is 37.3 Å². The molecule has 0 aromatic rings. The molecule has 3 aliphatic carbocycles. The van der Waals surface area contributed by atoms with Crippen LogP contribution in [0, 0.1) is 10.8 Å². The van der Waals surface area contributed by atoms with E-state index >= 15 is 0 Å². The van der Waals surface area contributed by atoms with Crippen molar-refractivity contribution in [2.75, 3.05) is 0 Å². The molecule has 0 amide bonds. The number of carbonyl (C=O) groups excluding carboxylic acids is 1. The highest BCUT2D eigenvalue weighted by Gasteiger charge is 2.80. The van der Waals surface area contributed by atoms with E-state index in [2.05, 4.69) is 0 Å². The molecule has 2 nitrogen and oxygen atoms in total. The second-order valence-corrected chi connectivity index (χ2v) is 4.04. The molecule has 0 aromatic heterocycles. The highest BCUT2D eigenvalue weighted by molar-refractivity contribution is 6.02. The first-order chi connectivity index (χ1) is 4.72. The molecule has 1 N–H and O–H groups in total. The summed E-state index contributed by atoms with van der Waals surface area (Å²) in [7, 11) is 0. The van der Waals surface area contributed by atoms with Crippen LogP contribution in [0.25, 0.3) is 0 Å². The first kappa shape index (κ1) is 5.30. The third kappa shape index (κ3) is 0.297. The molecule has 0 aliphatic heterocycles. The summed E-state index contributed by atoms with van der Waals surface area (Å²) in [4.78, 5) is 11.4. The van der Waals surface area contributed by atoms with E-state index in [4.69, 9.17) is 0 Å². The van der Waals surface area contributed by atoms with Crippen LogP contribution in [0.4, 0.5) is 0 Å². The molecule has 2 heteroatoms. The lowest BCUT2D eigenvalue weighted by Gasteiger charge is -2.40. The van der Waals surface area contributed by atoms with Crippen molar-refractivity contribution in [2.45, 2.75) is 31.8 Å². The van der Waals surface area contributed by atoms with Crippen molar-refractivity contribution in [3.05, 3.63) is 0 Å². The number of hydrogen-bond donors (Lipinski definition) is 1. The Kier molecular flexibility index (Phi) is 0.569. The SMILES string of the molecule is O=C1C2(CC2)C(O)C12CC2. The maximum absolute atomic E-state index is 11.4. The van der Waals surface area contributed by atoms with E-state index in [-0.39, 0.29) is 16.9 Å². The summed E-state index contributed by atoms with van der Waals surface area (Å²) in [5, 5.41) is 9.58. The third-order valence-electron chi connectivity index (χ3n) is 3.53. The summed E-state index contributed by atoms with van der Waals surface area (Å²) in [5.41, 5.74) is -0.396. The van der Waals surface area contributed by atoms with Gasteiger partial charge in [0.2, 0.25) is 0 Å². The molecule has 0 bridgehead atoms. The largest absolute Gasteiger partial charge is 0.391 e. The van der Waals surface area contributed by atoms with Gasteiger partial charge in [0, 0.05) is 0 Å². The van der Waals surface area contributed by atoms with Crippen molar-refractivity contribution >= 4 is 5.78 Å². The van der Waals surface area contributed by atoms with E-state index in [1.54, 1.807) is 0 Å². The summed E-state index contributed by atoms with van der Waals surface area (Å²) in [6.07, 6.45) is 3.56. The minimum Gasteiger partial charge on any atom is -0.391 e. The van der Waals surface area contributed by atoms with Crippen LogP contribution in [0.1, 0.15) is 25.7 Å². The lowest BCUT2D eigenvalue weighted by molar-refractivity contribution is -0.159. The summed E-state index contributed by atoms with van der Waals surface area (Å²) >= 11 is 0. The van der Waals surface area contributed by atoms with Gasteiger partial charge in [0.1, 0.15) is 5.78 Å². The highest BCUT2D eigenvalue weighted by Crippen LogP contribution is 2.74. The van der Waals surface area contributed by atoms with Crippen LogP contribution in [0.3, 0.4) is 0 Å². The van der Waals surface area contributed by atoms with E-state index < -0.39 is 0 Å². The van der Waals surface area contributed by atoms with Crippen LogP contribution in [0.2, 0.25) is 0 Å². The lowest BCUT2D eigenvalue weighted by atomic mass is 9.64. The zero-order chi connectivity index (χ0) is 6.98. The van der Waals surface area contributed by atoms with Crippen molar-refractivity contribution in [3.63, 3.8) is 0 Å². The first-order valence-electron chi connectivity index (χ1n) is 3.95. The molecule has 0 radical (unpaired) electrons. The second-order valence-electron chi connectivity index (χ2n) is 4.04. The van der Waals surface area contributed by atoms with Gasteiger partial charge >= 0.3 is 0 Å². The van der Waals surface area contributed by atoms with Gasteiger partial charge in [-0.25, -0.2) is 0 Å². The van der Waals surface area contributed by atoms with E-state index in [1.807, 2.05) is 0 Å². The van der Waals surface area contributed by atoms with Crippen LogP contribution >= 0.6 is 0 Å². The zero-order valence-electron chi connectivity index (χ0n) is 5.76. The molecule has 3 fully saturated rings. The molecular formula is C8H10O2. The van der Waals surface area contributed by atoms with Gasteiger partial charge in [-0.15, -0.1) is 0 Å². The number of ketones is 1. The number of Topliss-reactive ketones (excluding diaryl/α,β-unsaturated/α-hetero) is 1. The standard InChI is InChI=1S/C8H10O2/c9-5-7(1-2-7)6(10)8(5)3-4-8/h5,9H,1-4H2. The first-order valence-corrected chi connectivity index (χ1v) is 3.95. The van der Waals surface area contributed by atoms with Gasteiger partial charge in [-0.3, -0.25) is 4.79 Å². The molecule has 2 spiro atoms. The molecule has 3 rings (SSSR count). The fourth-order valence-corrected chi connectivity index (χ4v) is 2.47. The van der Waals surface area contributed by atoms with Gasteiger partial charge in [-0.05, 0) is 25.7 Å². The molecule has 0 atom stereocenters.